The summed E-state index contributed by atoms with van der Waals surface area (Å²) >= 11 is 0. The molecule has 0 N–H and O–H groups in total. The number of ketones is 1. The van der Waals surface area contributed by atoms with Crippen LogP contribution in [-0.4, -0.2) is 30.7 Å². The first kappa shape index (κ1) is 13.6. The van der Waals surface area contributed by atoms with Crippen molar-refractivity contribution in [3.63, 3.8) is 0 Å². The average Bonchev–Trinajstić information content (AvgIpc) is 2.17. The van der Waals surface area contributed by atoms with Crippen LogP contribution in [0, 0.1) is 0 Å². The van der Waals surface area contributed by atoms with Crippen LogP contribution in [0.1, 0.15) is 33.6 Å². The number of hydrogen-bond donors (Lipinski definition) is 0. The van der Waals surface area contributed by atoms with Crippen molar-refractivity contribution in [1.29, 1.82) is 0 Å². The van der Waals surface area contributed by atoms with Crippen LogP contribution in [-0.2, 0) is 19.2 Å². The lowest BCUT2D eigenvalue weighted by atomic mass is 10.3. The maximum Gasteiger partial charge on any atom is 0.364 e. The lowest BCUT2D eigenvalue weighted by molar-refractivity contribution is -0.136. The maximum atomic E-state index is 11.2. The Morgan fingerprint density at radius 2 is 1.93 bits per heavy atom. The summed E-state index contributed by atoms with van der Waals surface area (Å²) in [5, 5.41) is 3.47. The molecule has 0 aliphatic heterocycles. The van der Waals surface area contributed by atoms with Crippen LogP contribution >= 0.6 is 0 Å². The molecule has 0 amide bonds. The fourth-order valence-corrected chi connectivity index (χ4v) is 0.764. The number of oxime groups is 1. The largest absolute Gasteiger partial charge is 0.461 e. The summed E-state index contributed by atoms with van der Waals surface area (Å²) in [6.07, 6.45) is 1.79. The van der Waals surface area contributed by atoms with Gasteiger partial charge in [0.05, 0.1) is 6.61 Å². The van der Waals surface area contributed by atoms with Crippen LogP contribution in [0.5, 0.6) is 0 Å². The summed E-state index contributed by atoms with van der Waals surface area (Å²) in [6.45, 7) is 5.52. The molecule has 5 nitrogen and oxygen atoms in total. The Hall–Kier alpha value is -1.39. The van der Waals surface area contributed by atoms with E-state index in [4.69, 9.17) is 4.84 Å². The summed E-state index contributed by atoms with van der Waals surface area (Å²) in [4.78, 5) is 27.0. The van der Waals surface area contributed by atoms with Crippen molar-refractivity contribution < 1.29 is 19.2 Å². The topological polar surface area (TPSA) is 65.0 Å². The molecule has 0 bridgehead atoms. The monoisotopic (exact) mass is 215 g/mol. The predicted octanol–water partition coefficient (Wildman–Crippen LogP) is 1.31. The Kier molecular flexibility index (Phi) is 7.23. The Morgan fingerprint density at radius 3 is 2.40 bits per heavy atom. The third-order valence-corrected chi connectivity index (χ3v) is 1.55. The second kappa shape index (κ2) is 7.96. The average molecular weight is 215 g/mol. The molecule has 0 aromatic heterocycles. The van der Waals surface area contributed by atoms with E-state index in [2.05, 4.69) is 9.89 Å². The zero-order valence-electron chi connectivity index (χ0n) is 9.41. The van der Waals surface area contributed by atoms with Crippen LogP contribution in [0.2, 0.25) is 0 Å². The Balaban J connectivity index is 4.25. The minimum absolute atomic E-state index is 0.208. The molecule has 15 heavy (non-hydrogen) atoms. The summed E-state index contributed by atoms with van der Waals surface area (Å²) in [5.74, 6) is -1.19. The van der Waals surface area contributed by atoms with Crippen molar-refractivity contribution in [2.45, 2.75) is 33.6 Å². The molecule has 0 rings (SSSR count). The first-order valence-electron chi connectivity index (χ1n) is 5.01. The fourth-order valence-electron chi connectivity index (χ4n) is 0.764. The Labute approximate surface area is 89.4 Å². The number of nitrogens with zero attached hydrogens (tertiary/aromatic N) is 1. The number of ether oxygens (including phenoxy) is 1. The molecule has 0 fully saturated rings. The van der Waals surface area contributed by atoms with E-state index in [1.54, 1.807) is 6.92 Å². The highest BCUT2D eigenvalue weighted by Crippen LogP contribution is 1.93. The zero-order chi connectivity index (χ0) is 11.7. The van der Waals surface area contributed by atoms with Gasteiger partial charge in [0.2, 0.25) is 5.71 Å². The van der Waals surface area contributed by atoms with Gasteiger partial charge in [0.1, 0.15) is 6.61 Å². The zero-order valence-corrected chi connectivity index (χ0v) is 9.41. The minimum atomic E-state index is -0.735. The SMILES string of the molecule is CCCCON=C(C(C)=O)C(=O)OCC. The molecule has 0 aliphatic carbocycles. The quantitative estimate of drug-likeness (QED) is 0.211. The molecule has 0 aromatic rings. The van der Waals surface area contributed by atoms with E-state index in [0.717, 1.165) is 12.8 Å². The van der Waals surface area contributed by atoms with Gasteiger partial charge in [-0.05, 0) is 13.3 Å². The van der Waals surface area contributed by atoms with Crippen molar-refractivity contribution >= 4 is 17.5 Å². The normalized spacial score (nSPS) is 11.0. The summed E-state index contributed by atoms with van der Waals surface area (Å²) < 4.78 is 4.65. The van der Waals surface area contributed by atoms with Gasteiger partial charge in [-0.3, -0.25) is 4.79 Å². The van der Waals surface area contributed by atoms with Gasteiger partial charge in [-0.2, -0.15) is 0 Å². The lowest BCUT2D eigenvalue weighted by Gasteiger charge is -2.02. The summed E-state index contributed by atoms with van der Waals surface area (Å²) in [6, 6.07) is 0. The van der Waals surface area contributed by atoms with Gasteiger partial charge in [-0.1, -0.05) is 18.5 Å². The number of carbonyl (C=O) groups is 2. The van der Waals surface area contributed by atoms with Crippen LogP contribution in [0.4, 0.5) is 0 Å². The molecule has 0 aliphatic rings. The number of Topliss-reactive ketones (excluding diaryl/α,β-unsaturated/α-hetero) is 1. The number of unbranched alkanes of at least 4 members (excludes halogenated alkanes) is 1. The van der Waals surface area contributed by atoms with Crippen molar-refractivity contribution in [2.24, 2.45) is 5.16 Å². The number of hydrogen-bond acceptors (Lipinski definition) is 5. The molecule has 0 atom stereocenters. The lowest BCUT2D eigenvalue weighted by Crippen LogP contribution is -2.24. The highest BCUT2D eigenvalue weighted by Gasteiger charge is 2.18. The van der Waals surface area contributed by atoms with Gasteiger partial charge in [0.25, 0.3) is 0 Å². The number of rotatable bonds is 7. The molecule has 0 saturated carbocycles. The van der Waals surface area contributed by atoms with Crippen LogP contribution in [0.15, 0.2) is 5.16 Å². The highest BCUT2D eigenvalue weighted by atomic mass is 16.6. The Morgan fingerprint density at radius 1 is 1.27 bits per heavy atom. The first-order valence-corrected chi connectivity index (χ1v) is 5.01. The van der Waals surface area contributed by atoms with Crippen molar-refractivity contribution in [3.8, 4) is 0 Å². The number of carbonyl (C=O) groups excluding carboxylic acids is 2. The van der Waals surface area contributed by atoms with Gasteiger partial charge in [-0.15, -0.1) is 0 Å². The van der Waals surface area contributed by atoms with E-state index in [0.29, 0.717) is 6.61 Å². The fraction of sp³-hybridized carbons (Fsp3) is 0.700. The van der Waals surface area contributed by atoms with Gasteiger partial charge in [0.15, 0.2) is 5.78 Å². The molecule has 0 saturated heterocycles. The van der Waals surface area contributed by atoms with E-state index in [1.165, 1.54) is 6.92 Å². The van der Waals surface area contributed by atoms with E-state index in [1.807, 2.05) is 6.92 Å². The molecular weight excluding hydrogens is 198 g/mol. The van der Waals surface area contributed by atoms with Crippen molar-refractivity contribution in [2.75, 3.05) is 13.2 Å². The molecular formula is C10H17NO4. The first-order chi connectivity index (χ1) is 7.13. The second-order valence-electron chi connectivity index (χ2n) is 2.90. The summed E-state index contributed by atoms with van der Waals surface area (Å²) in [5.41, 5.74) is -0.284. The van der Waals surface area contributed by atoms with Crippen LogP contribution < -0.4 is 0 Å². The molecule has 0 radical (unpaired) electrons. The van der Waals surface area contributed by atoms with Gasteiger partial charge in [-0.25, -0.2) is 4.79 Å². The molecule has 5 heteroatoms. The standard InChI is InChI=1S/C10H17NO4/c1-4-6-7-15-11-9(8(3)12)10(13)14-5-2/h4-7H2,1-3H3. The molecule has 86 valence electrons. The Bertz CT molecular complexity index is 248. The highest BCUT2D eigenvalue weighted by molar-refractivity contribution is 6.63. The minimum Gasteiger partial charge on any atom is -0.461 e. The summed E-state index contributed by atoms with van der Waals surface area (Å²) in [7, 11) is 0. The third-order valence-electron chi connectivity index (χ3n) is 1.55. The maximum absolute atomic E-state index is 11.2. The van der Waals surface area contributed by atoms with Gasteiger partial charge >= 0.3 is 5.97 Å². The predicted molar refractivity (Wildman–Crippen MR) is 55.6 cm³/mol. The van der Waals surface area contributed by atoms with Gasteiger partial charge in [0, 0.05) is 6.92 Å². The van der Waals surface area contributed by atoms with E-state index in [9.17, 15) is 9.59 Å². The van der Waals surface area contributed by atoms with Crippen LogP contribution in [0.25, 0.3) is 0 Å². The van der Waals surface area contributed by atoms with E-state index in [-0.39, 0.29) is 12.3 Å². The van der Waals surface area contributed by atoms with Gasteiger partial charge < -0.3 is 9.57 Å². The molecule has 0 unspecified atom stereocenters. The third kappa shape index (κ3) is 5.83. The smallest absolute Gasteiger partial charge is 0.364 e. The second-order valence-corrected chi connectivity index (χ2v) is 2.90. The molecule has 0 aromatic carbocycles. The molecule has 0 spiro atoms. The van der Waals surface area contributed by atoms with E-state index >= 15 is 0 Å². The van der Waals surface area contributed by atoms with E-state index < -0.39 is 11.8 Å². The van der Waals surface area contributed by atoms with Crippen molar-refractivity contribution in [3.05, 3.63) is 0 Å². The molecule has 0 heterocycles. The van der Waals surface area contributed by atoms with Crippen molar-refractivity contribution in [1.82, 2.24) is 0 Å². The number of esters is 1. The van der Waals surface area contributed by atoms with Crippen LogP contribution in [0.3, 0.4) is 0 Å².